The summed E-state index contributed by atoms with van der Waals surface area (Å²) in [7, 11) is 1.43. The number of esters is 1. The van der Waals surface area contributed by atoms with Gasteiger partial charge in [-0.1, -0.05) is 0 Å². The number of amides is 1. The number of ether oxygens (including phenoxy) is 3. The number of aromatic hydroxyl groups is 1. The van der Waals surface area contributed by atoms with Crippen LogP contribution in [-0.4, -0.2) is 67.7 Å². The maximum absolute atomic E-state index is 12.3. The Kier molecular flexibility index (Phi) is 6.84. The molecule has 2 heterocycles. The average molecular weight is 419 g/mol. The number of phenols is 1. The predicted molar refractivity (Wildman–Crippen MR) is 105 cm³/mol. The minimum Gasteiger partial charge on any atom is -0.507 e. The molecule has 1 aromatic heterocycles. The zero-order valence-corrected chi connectivity index (χ0v) is 16.7. The number of carbonyl (C=O) groups is 3. The second-order valence-corrected chi connectivity index (χ2v) is 7.49. The lowest BCUT2D eigenvalue weighted by molar-refractivity contribution is -0.134. The van der Waals surface area contributed by atoms with E-state index in [-0.39, 0.29) is 29.4 Å². The fraction of sp³-hybridized carbons (Fsp3) is 0.350. The lowest BCUT2D eigenvalue weighted by atomic mass is 10.2. The predicted octanol–water partition coefficient (Wildman–Crippen LogP) is 1.90. The minimum absolute atomic E-state index is 0.00548. The Hall–Kier alpha value is -2.91. The molecular weight excluding hydrogens is 398 g/mol. The quantitative estimate of drug-likeness (QED) is 0.540. The van der Waals surface area contributed by atoms with Crippen LogP contribution in [-0.2, 0) is 20.7 Å². The fourth-order valence-corrected chi connectivity index (χ4v) is 3.71. The molecule has 154 valence electrons. The summed E-state index contributed by atoms with van der Waals surface area (Å²) in [6.45, 7) is 1.75. The molecule has 1 aliphatic heterocycles. The molecule has 0 spiro atoms. The van der Waals surface area contributed by atoms with Crippen molar-refractivity contribution < 1.29 is 33.7 Å². The van der Waals surface area contributed by atoms with Crippen molar-refractivity contribution in [3.8, 4) is 11.5 Å². The van der Waals surface area contributed by atoms with Gasteiger partial charge in [0.25, 0.3) is 0 Å². The molecule has 1 aromatic carbocycles. The molecule has 1 fully saturated rings. The molecule has 0 atom stereocenters. The first kappa shape index (κ1) is 20.8. The number of ketones is 1. The van der Waals surface area contributed by atoms with Gasteiger partial charge in [-0.2, -0.15) is 0 Å². The van der Waals surface area contributed by atoms with Gasteiger partial charge >= 0.3 is 5.97 Å². The van der Waals surface area contributed by atoms with Crippen molar-refractivity contribution in [3.05, 3.63) is 45.6 Å². The lowest BCUT2D eigenvalue weighted by Crippen LogP contribution is -2.41. The average Bonchev–Trinajstić information content (AvgIpc) is 3.21. The van der Waals surface area contributed by atoms with Crippen LogP contribution in [0.5, 0.6) is 11.5 Å². The first-order valence-electron chi connectivity index (χ1n) is 8.99. The third-order valence-corrected chi connectivity index (χ3v) is 5.51. The number of nitrogens with zero attached hydrogens (tertiary/aromatic N) is 1. The summed E-state index contributed by atoms with van der Waals surface area (Å²) in [4.78, 5) is 39.7. The highest BCUT2D eigenvalue weighted by atomic mass is 32.1. The van der Waals surface area contributed by atoms with E-state index in [0.29, 0.717) is 36.9 Å². The van der Waals surface area contributed by atoms with Crippen LogP contribution in [0.4, 0.5) is 0 Å². The molecule has 9 heteroatoms. The van der Waals surface area contributed by atoms with Crippen molar-refractivity contribution in [1.29, 1.82) is 0 Å². The van der Waals surface area contributed by atoms with Crippen LogP contribution in [0.25, 0.3) is 0 Å². The molecule has 8 nitrogen and oxygen atoms in total. The Morgan fingerprint density at radius 3 is 2.66 bits per heavy atom. The molecule has 1 aliphatic rings. The summed E-state index contributed by atoms with van der Waals surface area (Å²) in [6, 6.07) is 7.50. The van der Waals surface area contributed by atoms with Crippen molar-refractivity contribution in [2.45, 2.75) is 6.42 Å². The highest BCUT2D eigenvalue weighted by Gasteiger charge is 2.20. The molecule has 1 saturated heterocycles. The van der Waals surface area contributed by atoms with Gasteiger partial charge < -0.3 is 24.2 Å². The van der Waals surface area contributed by atoms with E-state index in [1.54, 1.807) is 17.0 Å². The van der Waals surface area contributed by atoms with E-state index in [9.17, 15) is 19.5 Å². The Labute approximate surface area is 171 Å². The van der Waals surface area contributed by atoms with E-state index in [1.807, 2.05) is 0 Å². The SMILES string of the molecule is COc1ccc(O)c(C(=O)OCC(=O)c2ccc(CC(=O)N3CCOCC3)s2)c1. The van der Waals surface area contributed by atoms with E-state index in [4.69, 9.17) is 14.2 Å². The van der Waals surface area contributed by atoms with Crippen LogP contribution >= 0.6 is 11.3 Å². The van der Waals surface area contributed by atoms with Crippen LogP contribution in [0.15, 0.2) is 30.3 Å². The summed E-state index contributed by atoms with van der Waals surface area (Å²) in [5.74, 6) is -1.09. The third-order valence-electron chi connectivity index (χ3n) is 4.38. The van der Waals surface area contributed by atoms with Gasteiger partial charge in [-0.05, 0) is 30.3 Å². The summed E-state index contributed by atoms with van der Waals surface area (Å²) >= 11 is 1.20. The summed E-state index contributed by atoms with van der Waals surface area (Å²) in [6.07, 6.45) is 0.218. The van der Waals surface area contributed by atoms with Gasteiger partial charge in [-0.15, -0.1) is 11.3 Å². The zero-order valence-electron chi connectivity index (χ0n) is 15.9. The fourth-order valence-electron chi connectivity index (χ4n) is 2.78. The number of Topliss-reactive ketones (excluding diaryl/α,β-unsaturated/α-hetero) is 1. The largest absolute Gasteiger partial charge is 0.507 e. The molecule has 0 unspecified atom stereocenters. The number of hydrogen-bond acceptors (Lipinski definition) is 8. The molecule has 0 saturated carbocycles. The maximum Gasteiger partial charge on any atom is 0.342 e. The second-order valence-electron chi connectivity index (χ2n) is 6.32. The molecule has 0 radical (unpaired) electrons. The smallest absolute Gasteiger partial charge is 0.342 e. The van der Waals surface area contributed by atoms with Gasteiger partial charge in [0, 0.05) is 18.0 Å². The van der Waals surface area contributed by atoms with Gasteiger partial charge in [0.1, 0.15) is 17.1 Å². The normalized spacial score (nSPS) is 13.8. The number of hydrogen-bond donors (Lipinski definition) is 1. The van der Waals surface area contributed by atoms with E-state index < -0.39 is 12.6 Å². The topological polar surface area (TPSA) is 102 Å². The van der Waals surface area contributed by atoms with Crippen LogP contribution in [0.1, 0.15) is 24.9 Å². The molecule has 0 bridgehead atoms. The molecule has 29 heavy (non-hydrogen) atoms. The van der Waals surface area contributed by atoms with Gasteiger partial charge in [0.05, 0.1) is 31.6 Å². The third kappa shape index (κ3) is 5.33. The highest BCUT2D eigenvalue weighted by Crippen LogP contribution is 2.24. The number of phenolic OH excluding ortho intramolecular Hbond substituents is 1. The molecule has 3 rings (SSSR count). The van der Waals surface area contributed by atoms with E-state index in [2.05, 4.69) is 0 Å². The molecule has 2 aromatic rings. The monoisotopic (exact) mass is 419 g/mol. The Morgan fingerprint density at radius 2 is 1.93 bits per heavy atom. The first-order chi connectivity index (χ1) is 14.0. The van der Waals surface area contributed by atoms with Crippen LogP contribution in [0, 0.1) is 0 Å². The van der Waals surface area contributed by atoms with E-state index in [0.717, 1.165) is 4.88 Å². The Balaban J connectivity index is 1.55. The number of methoxy groups -OCH3 is 1. The van der Waals surface area contributed by atoms with E-state index >= 15 is 0 Å². The van der Waals surface area contributed by atoms with Crippen molar-refractivity contribution in [2.75, 3.05) is 40.0 Å². The van der Waals surface area contributed by atoms with Crippen LogP contribution in [0.2, 0.25) is 0 Å². The molecular formula is C20H21NO7S. The van der Waals surface area contributed by atoms with Gasteiger partial charge in [0.2, 0.25) is 11.7 Å². The number of rotatable bonds is 7. The van der Waals surface area contributed by atoms with Crippen molar-refractivity contribution >= 4 is 29.0 Å². The van der Waals surface area contributed by atoms with E-state index in [1.165, 1.54) is 36.6 Å². The van der Waals surface area contributed by atoms with Crippen LogP contribution < -0.4 is 4.74 Å². The summed E-state index contributed by atoms with van der Waals surface area (Å²) in [5, 5.41) is 9.79. The van der Waals surface area contributed by atoms with Gasteiger partial charge in [-0.3, -0.25) is 9.59 Å². The summed E-state index contributed by atoms with van der Waals surface area (Å²) in [5.41, 5.74) is -0.0832. The summed E-state index contributed by atoms with van der Waals surface area (Å²) < 4.78 is 15.3. The lowest BCUT2D eigenvalue weighted by Gasteiger charge is -2.26. The Morgan fingerprint density at radius 1 is 1.17 bits per heavy atom. The molecule has 1 N–H and O–H groups in total. The molecule has 0 aliphatic carbocycles. The van der Waals surface area contributed by atoms with Gasteiger partial charge in [0.15, 0.2) is 6.61 Å². The standard InChI is InChI=1S/C20H21NO7S/c1-26-13-2-4-16(22)15(10-13)20(25)28-12-17(23)18-5-3-14(29-18)11-19(24)21-6-8-27-9-7-21/h2-5,10,22H,6-9,11-12H2,1H3. The number of morpholine rings is 1. The van der Waals surface area contributed by atoms with Crippen molar-refractivity contribution in [3.63, 3.8) is 0 Å². The van der Waals surface area contributed by atoms with Crippen molar-refractivity contribution in [1.82, 2.24) is 4.90 Å². The van der Waals surface area contributed by atoms with Crippen molar-refractivity contribution in [2.24, 2.45) is 0 Å². The minimum atomic E-state index is -0.825. The second kappa shape index (κ2) is 9.53. The van der Waals surface area contributed by atoms with Crippen LogP contribution in [0.3, 0.4) is 0 Å². The van der Waals surface area contributed by atoms with Gasteiger partial charge in [-0.25, -0.2) is 4.79 Å². The zero-order chi connectivity index (χ0) is 20.8. The maximum atomic E-state index is 12.3. The number of carbonyl (C=O) groups excluding carboxylic acids is 3. The molecule has 1 amide bonds. The first-order valence-corrected chi connectivity index (χ1v) is 9.81. The number of benzene rings is 1. The Bertz CT molecular complexity index is 902. The number of thiophene rings is 1. The highest BCUT2D eigenvalue weighted by molar-refractivity contribution is 7.14.